The molecule has 3 aromatic carbocycles. The van der Waals surface area contributed by atoms with Crippen LogP contribution in [-0.2, 0) is 10.0 Å². The second-order valence-corrected chi connectivity index (χ2v) is 9.20. The Morgan fingerprint density at radius 2 is 1.73 bits per heavy atom. The molecule has 0 saturated heterocycles. The molecule has 3 rings (SSSR count). The molecule has 0 bridgehead atoms. The Morgan fingerprint density at radius 1 is 1.03 bits per heavy atom. The lowest BCUT2D eigenvalue weighted by Crippen LogP contribution is -2.30. The van der Waals surface area contributed by atoms with Gasteiger partial charge in [-0.3, -0.25) is 9.52 Å². The maximum atomic E-state index is 13.6. The number of ether oxygens (including phenoxy) is 1. The van der Waals surface area contributed by atoms with E-state index in [0.29, 0.717) is 16.9 Å². The minimum Gasteiger partial charge on any atom is -0.495 e. The summed E-state index contributed by atoms with van der Waals surface area (Å²) in [5.74, 6) is -2.10. The van der Waals surface area contributed by atoms with E-state index in [-0.39, 0.29) is 16.1 Å². The molecule has 1 atom stereocenters. The molecule has 33 heavy (non-hydrogen) atoms. The molecule has 3 aromatic rings. The largest absolute Gasteiger partial charge is 0.495 e. The molecule has 0 saturated carbocycles. The number of nitrogens with one attached hydrogen (secondary N) is 1. The lowest BCUT2D eigenvalue weighted by atomic mass is 10.1. The van der Waals surface area contributed by atoms with E-state index in [4.69, 9.17) is 4.74 Å². The van der Waals surface area contributed by atoms with E-state index in [1.807, 2.05) is 0 Å². The lowest BCUT2D eigenvalue weighted by molar-refractivity contribution is 0.0742. The first-order valence-electron chi connectivity index (χ1n) is 10.0. The third-order valence-corrected chi connectivity index (χ3v) is 6.91. The van der Waals surface area contributed by atoms with Gasteiger partial charge in [0, 0.05) is 12.6 Å². The summed E-state index contributed by atoms with van der Waals surface area (Å²) in [4.78, 5) is 14.4. The number of sulfonamides is 1. The molecule has 6 nitrogen and oxygen atoms in total. The van der Waals surface area contributed by atoms with Crippen molar-refractivity contribution in [3.63, 3.8) is 0 Å². The zero-order valence-corrected chi connectivity index (χ0v) is 19.4. The molecule has 0 aromatic heterocycles. The van der Waals surface area contributed by atoms with Gasteiger partial charge >= 0.3 is 0 Å². The van der Waals surface area contributed by atoms with E-state index in [2.05, 4.69) is 4.72 Å². The minimum absolute atomic E-state index is 0.0619. The van der Waals surface area contributed by atoms with Crippen LogP contribution in [0.25, 0.3) is 0 Å². The Balaban J connectivity index is 1.91. The van der Waals surface area contributed by atoms with Gasteiger partial charge in [0.1, 0.15) is 5.75 Å². The van der Waals surface area contributed by atoms with Crippen LogP contribution in [0.5, 0.6) is 5.75 Å². The number of carbonyl (C=O) groups is 1. The third kappa shape index (κ3) is 5.14. The normalized spacial score (nSPS) is 12.2. The second kappa shape index (κ2) is 9.58. The molecular formula is C24H24F2N2O4S. The summed E-state index contributed by atoms with van der Waals surface area (Å²) in [5.41, 5.74) is 1.26. The van der Waals surface area contributed by atoms with Crippen molar-refractivity contribution in [2.75, 3.05) is 18.9 Å². The Hall–Kier alpha value is -3.46. The van der Waals surface area contributed by atoms with E-state index in [9.17, 15) is 22.0 Å². The zero-order valence-electron chi connectivity index (χ0n) is 18.6. The smallest absolute Gasteiger partial charge is 0.262 e. The number of benzene rings is 3. The summed E-state index contributed by atoms with van der Waals surface area (Å²) in [6.07, 6.45) is 0. The standard InChI is InChI=1S/C24H24F2N2O4S/c1-15-9-10-18(24(29)28(3)16(2)17-11-12-19(25)20(26)13-17)14-23(15)33(30,31)27-21-7-5-6-8-22(21)32-4/h5-14,16,27H,1-4H3. The van der Waals surface area contributed by atoms with Gasteiger partial charge in [0.15, 0.2) is 11.6 Å². The molecule has 0 aliphatic heterocycles. The molecule has 9 heteroatoms. The van der Waals surface area contributed by atoms with Crippen molar-refractivity contribution >= 4 is 21.6 Å². The first-order chi connectivity index (χ1) is 15.5. The van der Waals surface area contributed by atoms with Crippen molar-refractivity contribution in [3.8, 4) is 5.75 Å². The Labute approximate surface area is 191 Å². The van der Waals surface area contributed by atoms with E-state index < -0.39 is 33.6 Å². The summed E-state index contributed by atoms with van der Waals surface area (Å²) < 4.78 is 60.8. The fourth-order valence-electron chi connectivity index (χ4n) is 3.33. The van der Waals surface area contributed by atoms with Crippen molar-refractivity contribution in [3.05, 3.63) is 89.0 Å². The Kier molecular flexibility index (Phi) is 7.02. The lowest BCUT2D eigenvalue weighted by Gasteiger charge is -2.26. The molecule has 0 spiro atoms. The molecule has 1 amide bonds. The highest BCUT2D eigenvalue weighted by Crippen LogP contribution is 2.28. The molecule has 0 heterocycles. The van der Waals surface area contributed by atoms with Crippen molar-refractivity contribution in [2.24, 2.45) is 0 Å². The van der Waals surface area contributed by atoms with Gasteiger partial charge < -0.3 is 9.64 Å². The number of carbonyl (C=O) groups excluding carboxylic acids is 1. The van der Waals surface area contributed by atoms with Crippen LogP contribution >= 0.6 is 0 Å². The van der Waals surface area contributed by atoms with Gasteiger partial charge in [-0.25, -0.2) is 17.2 Å². The van der Waals surface area contributed by atoms with Crippen LogP contribution in [0, 0.1) is 18.6 Å². The summed E-state index contributed by atoms with van der Waals surface area (Å²) >= 11 is 0. The fraction of sp³-hybridized carbons (Fsp3) is 0.208. The van der Waals surface area contributed by atoms with E-state index >= 15 is 0 Å². The van der Waals surface area contributed by atoms with E-state index in [1.165, 1.54) is 37.3 Å². The van der Waals surface area contributed by atoms with Crippen molar-refractivity contribution in [1.29, 1.82) is 0 Å². The van der Waals surface area contributed by atoms with Gasteiger partial charge in [-0.2, -0.15) is 0 Å². The first kappa shape index (κ1) is 24.2. The first-order valence-corrected chi connectivity index (χ1v) is 11.5. The van der Waals surface area contributed by atoms with Gasteiger partial charge in [0.25, 0.3) is 15.9 Å². The van der Waals surface area contributed by atoms with Crippen LogP contribution in [0.3, 0.4) is 0 Å². The second-order valence-electron chi connectivity index (χ2n) is 7.55. The summed E-state index contributed by atoms with van der Waals surface area (Å²) in [7, 11) is -1.09. The molecule has 0 fully saturated rings. The SMILES string of the molecule is COc1ccccc1NS(=O)(=O)c1cc(C(=O)N(C)C(C)c2ccc(F)c(F)c2)ccc1C. The van der Waals surface area contributed by atoms with Gasteiger partial charge in [-0.1, -0.05) is 24.3 Å². The highest BCUT2D eigenvalue weighted by Gasteiger charge is 2.24. The van der Waals surface area contributed by atoms with Crippen molar-refractivity contribution in [1.82, 2.24) is 4.90 Å². The number of hydrogen-bond acceptors (Lipinski definition) is 4. The molecular weight excluding hydrogens is 450 g/mol. The molecule has 0 aliphatic carbocycles. The van der Waals surface area contributed by atoms with Crippen molar-refractivity contribution in [2.45, 2.75) is 24.8 Å². The van der Waals surface area contributed by atoms with E-state index in [0.717, 1.165) is 12.1 Å². The summed E-state index contributed by atoms with van der Waals surface area (Å²) in [5, 5.41) is 0. The number of methoxy groups -OCH3 is 1. The number of nitrogens with zero attached hydrogens (tertiary/aromatic N) is 1. The van der Waals surface area contributed by atoms with Crippen molar-refractivity contribution < 1.29 is 26.7 Å². The van der Waals surface area contributed by atoms with Crippen LogP contribution in [0.2, 0.25) is 0 Å². The number of hydrogen-bond donors (Lipinski definition) is 1. The van der Waals surface area contributed by atoms with Crippen LogP contribution in [-0.4, -0.2) is 33.4 Å². The number of rotatable bonds is 7. The summed E-state index contributed by atoms with van der Waals surface area (Å²) in [6.45, 7) is 3.29. The van der Waals surface area contributed by atoms with Gasteiger partial charge in [-0.05, 0) is 61.4 Å². The number of amides is 1. The Morgan fingerprint density at radius 3 is 2.39 bits per heavy atom. The average molecular weight is 475 g/mol. The topological polar surface area (TPSA) is 75.7 Å². The van der Waals surface area contributed by atoms with E-state index in [1.54, 1.807) is 44.2 Å². The fourth-order valence-corrected chi connectivity index (χ4v) is 4.67. The van der Waals surface area contributed by atoms with Crippen LogP contribution in [0.15, 0.2) is 65.6 Å². The van der Waals surface area contributed by atoms with Crippen LogP contribution < -0.4 is 9.46 Å². The molecule has 1 N–H and O–H groups in total. The number of para-hydroxylation sites is 2. The van der Waals surface area contributed by atoms with Crippen LogP contribution in [0.1, 0.15) is 34.5 Å². The highest BCUT2D eigenvalue weighted by atomic mass is 32.2. The quantitative estimate of drug-likeness (QED) is 0.528. The van der Waals surface area contributed by atoms with Crippen LogP contribution in [0.4, 0.5) is 14.5 Å². The number of halogens is 2. The minimum atomic E-state index is -4.03. The van der Waals surface area contributed by atoms with Gasteiger partial charge in [0.05, 0.1) is 23.7 Å². The Bertz CT molecular complexity index is 1300. The predicted molar refractivity (Wildman–Crippen MR) is 122 cm³/mol. The maximum absolute atomic E-state index is 13.6. The monoisotopic (exact) mass is 474 g/mol. The number of aryl methyl sites for hydroxylation is 1. The molecule has 1 unspecified atom stereocenters. The third-order valence-electron chi connectivity index (χ3n) is 5.40. The zero-order chi connectivity index (χ0) is 24.3. The summed E-state index contributed by atoms with van der Waals surface area (Å²) in [6, 6.07) is 13.8. The van der Waals surface area contributed by atoms with Gasteiger partial charge in [0.2, 0.25) is 0 Å². The predicted octanol–water partition coefficient (Wildman–Crippen LogP) is 4.92. The maximum Gasteiger partial charge on any atom is 0.262 e. The average Bonchev–Trinajstić information content (AvgIpc) is 2.79. The highest BCUT2D eigenvalue weighted by molar-refractivity contribution is 7.92. The molecule has 0 aliphatic rings. The molecule has 174 valence electrons. The number of anilines is 1. The van der Waals surface area contributed by atoms with Gasteiger partial charge in [-0.15, -0.1) is 0 Å². The molecule has 0 radical (unpaired) electrons.